The molecule has 0 spiro atoms. The zero-order chi connectivity index (χ0) is 13.0. The first-order valence-corrected chi connectivity index (χ1v) is 5.67. The second-order valence-corrected chi connectivity index (χ2v) is 4.03. The predicted octanol–water partition coefficient (Wildman–Crippen LogP) is 1.27. The third kappa shape index (κ3) is 3.21. The lowest BCUT2D eigenvalue weighted by Crippen LogP contribution is -2.19. The molecule has 0 atom stereocenters. The van der Waals surface area contributed by atoms with E-state index in [0.29, 0.717) is 12.3 Å². The molecule has 6 nitrogen and oxygen atoms in total. The number of nitrogens with zero attached hydrogens (tertiary/aromatic N) is 2. The predicted molar refractivity (Wildman–Crippen MR) is 64.3 cm³/mol. The molecular formula is C12H15N3O3. The molecule has 0 aromatic carbocycles. The summed E-state index contributed by atoms with van der Waals surface area (Å²) in [5.41, 5.74) is 1.13. The molecule has 0 saturated carbocycles. The largest absolute Gasteiger partial charge is 0.475 e. The Kier molecular flexibility index (Phi) is 3.78. The van der Waals surface area contributed by atoms with Crippen molar-refractivity contribution in [2.45, 2.75) is 20.0 Å². The number of carboxylic acid groups (broad SMARTS) is 1. The molecule has 18 heavy (non-hydrogen) atoms. The van der Waals surface area contributed by atoms with E-state index in [-0.39, 0.29) is 5.76 Å². The number of rotatable bonds is 6. The maximum absolute atomic E-state index is 10.6. The van der Waals surface area contributed by atoms with Crippen molar-refractivity contribution in [3.63, 3.8) is 0 Å². The van der Waals surface area contributed by atoms with E-state index < -0.39 is 5.97 Å². The van der Waals surface area contributed by atoms with Gasteiger partial charge in [-0.05, 0) is 24.6 Å². The van der Waals surface area contributed by atoms with E-state index in [9.17, 15) is 4.79 Å². The van der Waals surface area contributed by atoms with Crippen molar-refractivity contribution in [1.82, 2.24) is 15.1 Å². The van der Waals surface area contributed by atoms with Crippen LogP contribution in [-0.2, 0) is 13.1 Å². The summed E-state index contributed by atoms with van der Waals surface area (Å²) in [6, 6.07) is 3.12. The Morgan fingerprint density at radius 2 is 2.39 bits per heavy atom. The lowest BCUT2D eigenvalue weighted by molar-refractivity contribution is 0.0660. The molecular weight excluding hydrogens is 234 g/mol. The molecule has 2 N–H and O–H groups in total. The molecule has 2 aromatic rings. The molecule has 2 aromatic heterocycles. The molecule has 0 fully saturated rings. The van der Waals surface area contributed by atoms with Crippen LogP contribution >= 0.6 is 0 Å². The van der Waals surface area contributed by atoms with Crippen molar-refractivity contribution < 1.29 is 14.3 Å². The molecule has 2 heterocycles. The van der Waals surface area contributed by atoms with Gasteiger partial charge in [-0.15, -0.1) is 0 Å². The van der Waals surface area contributed by atoms with E-state index in [1.54, 1.807) is 6.07 Å². The molecule has 6 heteroatoms. The number of aromatic carboxylic acids is 1. The first kappa shape index (κ1) is 12.4. The van der Waals surface area contributed by atoms with Gasteiger partial charge in [-0.3, -0.25) is 4.68 Å². The number of carbonyl (C=O) groups is 1. The molecule has 0 aliphatic carbocycles. The van der Waals surface area contributed by atoms with Gasteiger partial charge in [-0.25, -0.2) is 4.79 Å². The molecule has 96 valence electrons. The lowest BCUT2D eigenvalue weighted by Gasteiger charge is -2.02. The number of hydrogen-bond donors (Lipinski definition) is 2. The molecule has 0 amide bonds. The summed E-state index contributed by atoms with van der Waals surface area (Å²) in [6.07, 6.45) is 3.78. The fraction of sp³-hybridized carbons (Fsp3) is 0.333. The van der Waals surface area contributed by atoms with E-state index in [2.05, 4.69) is 10.4 Å². The van der Waals surface area contributed by atoms with Crippen LogP contribution < -0.4 is 5.32 Å². The number of aromatic nitrogens is 2. The van der Waals surface area contributed by atoms with Crippen LogP contribution in [0.5, 0.6) is 0 Å². The summed E-state index contributed by atoms with van der Waals surface area (Å²) in [4.78, 5) is 10.6. The zero-order valence-corrected chi connectivity index (χ0v) is 10.1. The Balaban J connectivity index is 1.73. The summed E-state index contributed by atoms with van der Waals surface area (Å²) in [5, 5.41) is 16.0. The average Bonchev–Trinajstić information content (AvgIpc) is 2.93. The maximum atomic E-state index is 10.6. The SMILES string of the molecule is Cc1cnn(CCNCc2ccc(C(=O)O)o2)c1. The van der Waals surface area contributed by atoms with Gasteiger partial charge in [0, 0.05) is 12.7 Å². The Labute approximate surface area is 104 Å². The molecule has 0 aliphatic rings. The molecule has 0 bridgehead atoms. The molecule has 0 unspecified atom stereocenters. The minimum Gasteiger partial charge on any atom is -0.475 e. The molecule has 0 radical (unpaired) electrons. The highest BCUT2D eigenvalue weighted by Gasteiger charge is 2.08. The molecule has 0 saturated heterocycles. The van der Waals surface area contributed by atoms with Gasteiger partial charge < -0.3 is 14.8 Å². The van der Waals surface area contributed by atoms with Crippen molar-refractivity contribution >= 4 is 5.97 Å². The van der Waals surface area contributed by atoms with E-state index in [1.165, 1.54) is 6.07 Å². The normalized spacial score (nSPS) is 10.7. The summed E-state index contributed by atoms with van der Waals surface area (Å²) >= 11 is 0. The number of aryl methyl sites for hydroxylation is 1. The van der Waals surface area contributed by atoms with Gasteiger partial charge >= 0.3 is 5.97 Å². The Hall–Kier alpha value is -2.08. The van der Waals surface area contributed by atoms with E-state index >= 15 is 0 Å². The Morgan fingerprint density at radius 1 is 1.56 bits per heavy atom. The van der Waals surface area contributed by atoms with Crippen molar-refractivity contribution in [3.05, 3.63) is 41.6 Å². The van der Waals surface area contributed by atoms with Gasteiger partial charge in [0.05, 0.1) is 19.3 Å². The smallest absolute Gasteiger partial charge is 0.371 e. The first-order valence-electron chi connectivity index (χ1n) is 5.67. The third-order valence-corrected chi connectivity index (χ3v) is 2.45. The minimum atomic E-state index is -1.05. The Morgan fingerprint density at radius 3 is 3.00 bits per heavy atom. The summed E-state index contributed by atoms with van der Waals surface area (Å²) in [5.74, 6) is -0.466. The van der Waals surface area contributed by atoms with Crippen LogP contribution in [0, 0.1) is 6.92 Å². The van der Waals surface area contributed by atoms with Gasteiger partial charge in [0.1, 0.15) is 5.76 Å². The van der Waals surface area contributed by atoms with Crippen molar-refractivity contribution in [3.8, 4) is 0 Å². The topological polar surface area (TPSA) is 80.3 Å². The molecule has 0 aliphatic heterocycles. The number of nitrogens with one attached hydrogen (secondary N) is 1. The van der Waals surface area contributed by atoms with Crippen molar-refractivity contribution in [1.29, 1.82) is 0 Å². The highest BCUT2D eigenvalue weighted by atomic mass is 16.4. The van der Waals surface area contributed by atoms with Crippen LogP contribution in [0.4, 0.5) is 0 Å². The second-order valence-electron chi connectivity index (χ2n) is 4.03. The van der Waals surface area contributed by atoms with Gasteiger partial charge in [0.15, 0.2) is 0 Å². The van der Waals surface area contributed by atoms with Crippen LogP contribution in [0.15, 0.2) is 28.9 Å². The highest BCUT2D eigenvalue weighted by Crippen LogP contribution is 2.07. The monoisotopic (exact) mass is 249 g/mol. The van der Waals surface area contributed by atoms with E-state index in [4.69, 9.17) is 9.52 Å². The lowest BCUT2D eigenvalue weighted by atomic mass is 10.4. The number of hydrogen-bond acceptors (Lipinski definition) is 4. The highest BCUT2D eigenvalue weighted by molar-refractivity contribution is 5.84. The minimum absolute atomic E-state index is 0.0329. The van der Waals surface area contributed by atoms with Gasteiger partial charge in [-0.2, -0.15) is 5.10 Å². The van der Waals surface area contributed by atoms with Gasteiger partial charge in [0.25, 0.3) is 0 Å². The van der Waals surface area contributed by atoms with E-state index in [1.807, 2.05) is 24.0 Å². The van der Waals surface area contributed by atoms with Crippen molar-refractivity contribution in [2.24, 2.45) is 0 Å². The number of furan rings is 1. The van der Waals surface area contributed by atoms with Crippen LogP contribution in [0.25, 0.3) is 0 Å². The molecule has 2 rings (SSSR count). The fourth-order valence-corrected chi connectivity index (χ4v) is 1.58. The first-order chi connectivity index (χ1) is 8.65. The fourth-order valence-electron chi connectivity index (χ4n) is 1.58. The second kappa shape index (κ2) is 5.50. The van der Waals surface area contributed by atoms with Crippen LogP contribution in [0.3, 0.4) is 0 Å². The standard InChI is InChI=1S/C12H15N3O3/c1-9-6-14-15(8-9)5-4-13-7-10-2-3-11(18-10)12(16)17/h2-3,6,8,13H,4-5,7H2,1H3,(H,16,17). The van der Waals surface area contributed by atoms with Gasteiger partial charge in [-0.1, -0.05) is 0 Å². The third-order valence-electron chi connectivity index (χ3n) is 2.45. The average molecular weight is 249 g/mol. The summed E-state index contributed by atoms with van der Waals surface area (Å²) in [7, 11) is 0. The zero-order valence-electron chi connectivity index (χ0n) is 10.1. The number of carboxylic acids is 1. The quantitative estimate of drug-likeness (QED) is 0.754. The van der Waals surface area contributed by atoms with Crippen LogP contribution in [0.1, 0.15) is 21.9 Å². The summed E-state index contributed by atoms with van der Waals surface area (Å²) in [6.45, 7) is 4.01. The van der Waals surface area contributed by atoms with E-state index in [0.717, 1.165) is 18.7 Å². The van der Waals surface area contributed by atoms with Crippen molar-refractivity contribution in [2.75, 3.05) is 6.54 Å². The Bertz CT molecular complexity index is 530. The van der Waals surface area contributed by atoms with Crippen LogP contribution in [0.2, 0.25) is 0 Å². The van der Waals surface area contributed by atoms with Gasteiger partial charge in [0.2, 0.25) is 5.76 Å². The maximum Gasteiger partial charge on any atom is 0.371 e. The van der Waals surface area contributed by atoms with Crippen LogP contribution in [-0.4, -0.2) is 27.4 Å². The summed E-state index contributed by atoms with van der Waals surface area (Å²) < 4.78 is 6.97.